The van der Waals surface area contributed by atoms with Gasteiger partial charge in [-0.1, -0.05) is 42.5 Å². The van der Waals surface area contributed by atoms with Crippen molar-refractivity contribution in [2.75, 3.05) is 25.1 Å². The van der Waals surface area contributed by atoms with Gasteiger partial charge in [-0.2, -0.15) is 14.6 Å². The van der Waals surface area contributed by atoms with Crippen molar-refractivity contribution in [2.24, 2.45) is 0 Å². The minimum Gasteiger partial charge on any atom is -0.497 e. The summed E-state index contributed by atoms with van der Waals surface area (Å²) in [4.78, 5) is 36.5. The molecule has 1 aliphatic rings. The van der Waals surface area contributed by atoms with Gasteiger partial charge in [-0.15, -0.1) is 0 Å². The lowest BCUT2D eigenvalue weighted by Crippen LogP contribution is -2.52. The number of anilines is 1. The second-order valence-corrected chi connectivity index (χ2v) is 10.2. The van der Waals surface area contributed by atoms with Crippen LogP contribution in [0, 0.1) is 6.92 Å². The van der Waals surface area contributed by atoms with Gasteiger partial charge in [0.05, 0.1) is 7.11 Å². The topological polar surface area (TPSA) is 114 Å². The fourth-order valence-corrected chi connectivity index (χ4v) is 5.29. The van der Waals surface area contributed by atoms with Gasteiger partial charge in [-0.05, 0) is 43.0 Å². The van der Waals surface area contributed by atoms with E-state index >= 15 is 0 Å². The van der Waals surface area contributed by atoms with Crippen LogP contribution < -0.4 is 20.3 Å². The van der Waals surface area contributed by atoms with Crippen molar-refractivity contribution in [3.05, 3.63) is 83.3 Å². The molecule has 1 saturated heterocycles. The van der Waals surface area contributed by atoms with E-state index in [-0.39, 0.29) is 17.9 Å². The average molecular weight is 542 g/mol. The second kappa shape index (κ2) is 12.1. The third-order valence-corrected chi connectivity index (χ3v) is 7.36. The molecule has 0 radical (unpaired) electrons. The van der Waals surface area contributed by atoms with Crippen LogP contribution in [0.5, 0.6) is 5.75 Å². The number of methoxy groups -OCH3 is 1. The van der Waals surface area contributed by atoms with Crippen molar-refractivity contribution in [2.45, 2.75) is 51.6 Å². The van der Waals surface area contributed by atoms with E-state index in [9.17, 15) is 9.59 Å². The van der Waals surface area contributed by atoms with Gasteiger partial charge in [0, 0.05) is 50.2 Å². The molecule has 4 aromatic rings. The molecule has 1 aliphatic heterocycles. The monoisotopic (exact) mass is 541 g/mol. The Morgan fingerprint density at radius 1 is 1.05 bits per heavy atom. The van der Waals surface area contributed by atoms with E-state index in [1.165, 1.54) is 18.8 Å². The highest BCUT2D eigenvalue weighted by Gasteiger charge is 2.28. The van der Waals surface area contributed by atoms with Crippen molar-refractivity contribution < 1.29 is 14.3 Å². The number of hydrogen-bond donors (Lipinski definition) is 2. The molecule has 0 saturated carbocycles. The van der Waals surface area contributed by atoms with Gasteiger partial charge in [0.15, 0.2) is 0 Å². The summed E-state index contributed by atoms with van der Waals surface area (Å²) in [5.74, 6) is 1.92. The summed E-state index contributed by atoms with van der Waals surface area (Å²) in [7, 11) is 1.61. The highest BCUT2D eigenvalue weighted by Crippen LogP contribution is 2.28. The number of nitrogens with one attached hydrogen (secondary N) is 2. The molecule has 3 heterocycles. The Kier molecular flexibility index (Phi) is 8.23. The van der Waals surface area contributed by atoms with Crippen LogP contribution >= 0.6 is 0 Å². The second-order valence-electron chi connectivity index (χ2n) is 10.2. The van der Waals surface area contributed by atoms with Crippen molar-refractivity contribution in [1.82, 2.24) is 30.2 Å². The lowest BCUT2D eigenvalue weighted by atomic mass is 10.00. The molecule has 0 unspecified atom stereocenters. The number of aromatic nitrogens is 4. The third kappa shape index (κ3) is 6.22. The number of hydrogen-bond acceptors (Lipinski definition) is 7. The van der Waals surface area contributed by atoms with Gasteiger partial charge in [-0.3, -0.25) is 9.59 Å². The summed E-state index contributed by atoms with van der Waals surface area (Å²) in [5, 5.41) is 10.5. The molecular formula is C30H35N7O3. The molecule has 1 atom stereocenters. The Balaban J connectivity index is 1.28. The van der Waals surface area contributed by atoms with Crippen LogP contribution in [-0.4, -0.2) is 63.7 Å². The largest absolute Gasteiger partial charge is 0.497 e. The van der Waals surface area contributed by atoms with Crippen LogP contribution in [0.2, 0.25) is 0 Å². The van der Waals surface area contributed by atoms with E-state index in [0.29, 0.717) is 12.2 Å². The van der Waals surface area contributed by atoms with E-state index in [1.807, 2.05) is 53.9 Å². The minimum atomic E-state index is -0.654. The van der Waals surface area contributed by atoms with Gasteiger partial charge in [-0.25, -0.2) is 4.98 Å². The number of ether oxygens (including phenoxy) is 1. The zero-order valence-electron chi connectivity index (χ0n) is 23.1. The van der Waals surface area contributed by atoms with Gasteiger partial charge in [0.1, 0.15) is 23.9 Å². The Morgan fingerprint density at radius 3 is 2.45 bits per heavy atom. The molecule has 10 heteroatoms. The zero-order valence-corrected chi connectivity index (χ0v) is 23.1. The molecular weight excluding hydrogens is 506 g/mol. The van der Waals surface area contributed by atoms with Gasteiger partial charge in [0.2, 0.25) is 11.8 Å². The normalized spacial score (nSPS) is 14.6. The van der Waals surface area contributed by atoms with Crippen LogP contribution in [0.4, 0.5) is 5.82 Å². The molecule has 2 aromatic carbocycles. The Bertz CT molecular complexity index is 1460. The SMILES string of the molecule is COc1ccc(C[C@@H](NC(C)=O)C(=O)NC2CCN(c3c(Cc4ccccc4)c(C)nc4ncnn34)CC2)cc1. The molecule has 5 rings (SSSR count). The smallest absolute Gasteiger partial charge is 0.254 e. The van der Waals surface area contributed by atoms with Crippen LogP contribution in [0.3, 0.4) is 0 Å². The van der Waals surface area contributed by atoms with E-state index in [4.69, 9.17) is 9.72 Å². The van der Waals surface area contributed by atoms with Crippen LogP contribution in [0.15, 0.2) is 60.9 Å². The van der Waals surface area contributed by atoms with Gasteiger partial charge >= 0.3 is 0 Å². The van der Waals surface area contributed by atoms with Gasteiger partial charge in [0.25, 0.3) is 5.78 Å². The molecule has 0 bridgehead atoms. The first-order valence-corrected chi connectivity index (χ1v) is 13.6. The van der Waals surface area contributed by atoms with Crippen LogP contribution in [-0.2, 0) is 22.4 Å². The highest BCUT2D eigenvalue weighted by molar-refractivity contribution is 5.87. The summed E-state index contributed by atoms with van der Waals surface area (Å²) >= 11 is 0. The average Bonchev–Trinajstić information content (AvgIpc) is 3.42. The summed E-state index contributed by atoms with van der Waals surface area (Å²) in [6, 6.07) is 17.2. The minimum absolute atomic E-state index is 0.00243. The number of carbonyl (C=O) groups is 2. The lowest BCUT2D eigenvalue weighted by Gasteiger charge is -2.35. The number of carbonyl (C=O) groups excluding carboxylic acids is 2. The molecule has 10 nitrogen and oxygen atoms in total. The first kappa shape index (κ1) is 27.1. The summed E-state index contributed by atoms with van der Waals surface area (Å²) < 4.78 is 7.05. The molecule has 40 heavy (non-hydrogen) atoms. The molecule has 2 N–H and O–H groups in total. The van der Waals surface area contributed by atoms with E-state index in [1.54, 1.807) is 7.11 Å². The van der Waals surface area contributed by atoms with Crippen molar-refractivity contribution >= 4 is 23.4 Å². The summed E-state index contributed by atoms with van der Waals surface area (Å²) in [5.41, 5.74) is 4.21. The number of piperidine rings is 1. The predicted octanol–water partition coefficient (Wildman–Crippen LogP) is 2.86. The van der Waals surface area contributed by atoms with Gasteiger partial charge < -0.3 is 20.3 Å². The molecule has 1 fully saturated rings. The number of aryl methyl sites for hydroxylation is 1. The highest BCUT2D eigenvalue weighted by atomic mass is 16.5. The van der Waals surface area contributed by atoms with E-state index < -0.39 is 6.04 Å². The Hall–Kier alpha value is -4.47. The van der Waals surface area contributed by atoms with E-state index in [2.05, 4.69) is 37.7 Å². The third-order valence-electron chi connectivity index (χ3n) is 7.36. The first-order valence-electron chi connectivity index (χ1n) is 13.6. The summed E-state index contributed by atoms with van der Waals surface area (Å²) in [6.45, 7) is 4.94. The Labute approximate surface area is 233 Å². The van der Waals surface area contributed by atoms with E-state index in [0.717, 1.165) is 60.7 Å². The number of rotatable bonds is 9. The maximum atomic E-state index is 13.3. The van der Waals surface area contributed by atoms with Crippen LogP contribution in [0.1, 0.15) is 42.1 Å². The number of benzene rings is 2. The first-order chi connectivity index (χ1) is 19.4. The fourth-order valence-electron chi connectivity index (χ4n) is 5.29. The molecule has 2 aromatic heterocycles. The van der Waals surface area contributed by atoms with Crippen molar-refractivity contribution in [3.8, 4) is 5.75 Å². The number of amides is 2. The zero-order chi connectivity index (χ0) is 28.1. The number of nitrogens with zero attached hydrogens (tertiary/aromatic N) is 5. The Morgan fingerprint density at radius 2 is 1.77 bits per heavy atom. The lowest BCUT2D eigenvalue weighted by molar-refractivity contribution is -0.128. The molecule has 0 aliphatic carbocycles. The maximum absolute atomic E-state index is 13.3. The van der Waals surface area contributed by atoms with Crippen LogP contribution in [0.25, 0.3) is 5.78 Å². The van der Waals surface area contributed by atoms with Crippen molar-refractivity contribution in [1.29, 1.82) is 0 Å². The molecule has 208 valence electrons. The molecule has 0 spiro atoms. The predicted molar refractivity (Wildman–Crippen MR) is 152 cm³/mol. The maximum Gasteiger partial charge on any atom is 0.254 e. The summed E-state index contributed by atoms with van der Waals surface area (Å²) in [6.07, 6.45) is 4.21. The fraction of sp³-hybridized carbons (Fsp3) is 0.367. The quantitative estimate of drug-likeness (QED) is 0.335. The van der Waals surface area contributed by atoms with Crippen molar-refractivity contribution in [3.63, 3.8) is 0 Å². The standard InChI is InChI=1S/C30H35N7O3/c1-20-26(17-22-7-5-4-6-8-22)29(37-30(33-20)31-19-32-37)36-15-13-24(14-16-36)35-28(39)27(34-21(2)38)18-23-9-11-25(40-3)12-10-23/h4-12,19,24,27H,13-18H2,1-3H3,(H,34,38)(H,35,39)/t27-/m1/s1. The number of fused-ring (bicyclic) bond motifs is 1. The molecule has 2 amide bonds.